The van der Waals surface area contributed by atoms with Gasteiger partial charge < -0.3 is 19.2 Å². The topological polar surface area (TPSA) is 73.9 Å². The molecule has 0 aliphatic carbocycles. The third-order valence-corrected chi connectivity index (χ3v) is 8.64. The molecule has 0 heterocycles. The predicted octanol–water partition coefficient (Wildman–Crippen LogP) is 3.85. The Morgan fingerprint density at radius 1 is 1.08 bits per heavy atom. The normalized spacial score (nSPS) is 14.0. The summed E-state index contributed by atoms with van der Waals surface area (Å²) in [6, 6.07) is -0.378. The summed E-state index contributed by atoms with van der Waals surface area (Å²) in [4.78, 5) is 23.5. The van der Waals surface area contributed by atoms with E-state index in [4.69, 9.17) is 13.9 Å². The molecule has 24 heavy (non-hydrogen) atoms. The third-order valence-electron chi connectivity index (χ3n) is 4.10. The molecule has 0 spiro atoms. The van der Waals surface area contributed by atoms with Gasteiger partial charge in [-0.25, -0.2) is 4.79 Å². The van der Waals surface area contributed by atoms with Crippen LogP contribution in [0.15, 0.2) is 0 Å². The Kier molecular flexibility index (Phi) is 8.45. The zero-order valence-electron chi connectivity index (χ0n) is 16.7. The van der Waals surface area contributed by atoms with Crippen molar-refractivity contribution in [2.75, 3.05) is 13.7 Å². The van der Waals surface area contributed by atoms with Gasteiger partial charge in [-0.05, 0) is 45.3 Å². The van der Waals surface area contributed by atoms with E-state index in [1.54, 1.807) is 20.8 Å². The van der Waals surface area contributed by atoms with E-state index in [-0.39, 0.29) is 23.5 Å². The Labute approximate surface area is 147 Å². The van der Waals surface area contributed by atoms with Crippen molar-refractivity contribution < 1.29 is 23.5 Å². The lowest BCUT2D eigenvalue weighted by molar-refractivity contribution is -0.141. The molecule has 142 valence electrons. The van der Waals surface area contributed by atoms with Gasteiger partial charge in [-0.3, -0.25) is 4.79 Å². The van der Waals surface area contributed by atoms with Gasteiger partial charge in [0.05, 0.1) is 13.5 Å². The summed E-state index contributed by atoms with van der Waals surface area (Å²) in [5, 5.41) is 2.85. The molecular formula is C17H35NO5Si. The molecule has 0 saturated heterocycles. The Hall–Kier alpha value is -1.08. The summed E-state index contributed by atoms with van der Waals surface area (Å²) in [7, 11) is -0.526. The van der Waals surface area contributed by atoms with E-state index < -0.39 is 20.0 Å². The van der Waals surface area contributed by atoms with E-state index in [0.717, 1.165) is 0 Å². The first kappa shape index (κ1) is 22.9. The summed E-state index contributed by atoms with van der Waals surface area (Å²) >= 11 is 0. The second-order valence-corrected chi connectivity index (χ2v) is 13.3. The lowest BCUT2D eigenvalue weighted by Gasteiger charge is -2.36. The van der Waals surface area contributed by atoms with Crippen LogP contribution < -0.4 is 5.32 Å². The fraction of sp³-hybridized carbons (Fsp3) is 0.882. The lowest BCUT2D eigenvalue weighted by atomic mass is 10.1. The summed E-state index contributed by atoms with van der Waals surface area (Å²) in [6.45, 7) is 16.7. The Morgan fingerprint density at radius 3 is 2.04 bits per heavy atom. The van der Waals surface area contributed by atoms with Crippen molar-refractivity contribution in [2.24, 2.45) is 0 Å². The molecule has 0 unspecified atom stereocenters. The average molecular weight is 362 g/mol. The molecule has 0 saturated carbocycles. The van der Waals surface area contributed by atoms with Crippen molar-refractivity contribution in [2.45, 2.75) is 84.2 Å². The van der Waals surface area contributed by atoms with Gasteiger partial charge in [-0.15, -0.1) is 0 Å². The van der Waals surface area contributed by atoms with Crippen LogP contribution in [-0.2, 0) is 18.7 Å². The summed E-state index contributed by atoms with van der Waals surface area (Å²) < 4.78 is 16.1. The number of hydrogen-bond donors (Lipinski definition) is 1. The molecule has 0 aliphatic rings. The minimum absolute atomic E-state index is 0.0939. The maximum atomic E-state index is 11.9. The molecular weight excluding hydrogens is 326 g/mol. The number of rotatable bonds is 7. The van der Waals surface area contributed by atoms with Gasteiger partial charge in [0, 0.05) is 12.6 Å². The Morgan fingerprint density at radius 2 is 1.62 bits per heavy atom. The molecule has 0 aromatic carbocycles. The second-order valence-electron chi connectivity index (χ2n) is 8.52. The maximum Gasteiger partial charge on any atom is 0.407 e. The van der Waals surface area contributed by atoms with Crippen molar-refractivity contribution in [3.05, 3.63) is 0 Å². The SMILES string of the molecule is COC(=O)C[C@H](CCO[Si](C)(C)C(C)(C)C)NC(=O)OC(C)(C)C. The number of carbonyl (C=O) groups excluding carboxylic acids is 2. The zero-order chi connectivity index (χ0) is 19.2. The zero-order valence-corrected chi connectivity index (χ0v) is 17.7. The lowest BCUT2D eigenvalue weighted by Crippen LogP contribution is -2.44. The largest absolute Gasteiger partial charge is 0.469 e. The highest BCUT2D eigenvalue weighted by Gasteiger charge is 2.37. The third kappa shape index (κ3) is 9.27. The highest BCUT2D eigenvalue weighted by molar-refractivity contribution is 6.74. The number of ether oxygens (including phenoxy) is 2. The molecule has 1 amide bonds. The van der Waals surface area contributed by atoms with Gasteiger partial charge in [0.1, 0.15) is 5.60 Å². The van der Waals surface area contributed by atoms with Crippen molar-refractivity contribution in [1.82, 2.24) is 5.32 Å². The fourth-order valence-corrected chi connectivity index (χ4v) is 2.72. The summed E-state index contributed by atoms with van der Waals surface area (Å²) in [5.41, 5.74) is -0.586. The van der Waals surface area contributed by atoms with Crippen LogP contribution in [0.2, 0.25) is 18.1 Å². The minimum atomic E-state index is -1.86. The highest BCUT2D eigenvalue weighted by atomic mass is 28.4. The summed E-state index contributed by atoms with van der Waals surface area (Å²) in [6.07, 6.45) is 0.0843. The molecule has 0 fully saturated rings. The second kappa shape index (κ2) is 8.85. The van der Waals surface area contributed by atoms with Crippen LogP contribution in [0.4, 0.5) is 4.79 Å². The molecule has 0 bridgehead atoms. The molecule has 0 aromatic heterocycles. The Bertz CT molecular complexity index is 424. The molecule has 6 nitrogen and oxygen atoms in total. The predicted molar refractivity (Wildman–Crippen MR) is 97.6 cm³/mol. The first-order valence-corrected chi connectivity index (χ1v) is 11.3. The fourth-order valence-electron chi connectivity index (χ4n) is 1.66. The molecule has 0 aliphatic heterocycles. The highest BCUT2D eigenvalue weighted by Crippen LogP contribution is 2.36. The van der Waals surface area contributed by atoms with Gasteiger partial charge in [0.2, 0.25) is 0 Å². The molecule has 7 heteroatoms. The van der Waals surface area contributed by atoms with E-state index in [1.165, 1.54) is 7.11 Å². The van der Waals surface area contributed by atoms with Crippen molar-refractivity contribution in [1.29, 1.82) is 0 Å². The molecule has 0 rings (SSSR count). The Balaban J connectivity index is 4.68. The molecule has 1 atom stereocenters. The first-order valence-electron chi connectivity index (χ1n) is 8.38. The van der Waals surface area contributed by atoms with Crippen LogP contribution in [0.5, 0.6) is 0 Å². The van der Waals surface area contributed by atoms with E-state index in [0.29, 0.717) is 13.0 Å². The van der Waals surface area contributed by atoms with Gasteiger partial charge >= 0.3 is 12.1 Å². The number of nitrogens with one attached hydrogen (secondary N) is 1. The van der Waals surface area contributed by atoms with Crippen LogP contribution in [0.3, 0.4) is 0 Å². The van der Waals surface area contributed by atoms with Gasteiger partial charge in [0.25, 0.3) is 0 Å². The quantitative estimate of drug-likeness (QED) is 0.550. The van der Waals surface area contributed by atoms with E-state index in [2.05, 4.69) is 39.2 Å². The first-order chi connectivity index (χ1) is 10.7. The van der Waals surface area contributed by atoms with Gasteiger partial charge in [-0.2, -0.15) is 0 Å². The number of hydrogen-bond acceptors (Lipinski definition) is 5. The number of alkyl carbamates (subject to hydrolysis) is 1. The van der Waals surface area contributed by atoms with Crippen molar-refractivity contribution in [3.8, 4) is 0 Å². The monoisotopic (exact) mass is 361 g/mol. The van der Waals surface area contributed by atoms with Crippen molar-refractivity contribution >= 4 is 20.4 Å². The molecule has 0 aromatic rings. The van der Waals surface area contributed by atoms with E-state index in [1.807, 2.05) is 0 Å². The number of carbonyl (C=O) groups is 2. The number of esters is 1. The van der Waals surface area contributed by atoms with Crippen LogP contribution >= 0.6 is 0 Å². The number of amides is 1. The van der Waals surface area contributed by atoms with E-state index in [9.17, 15) is 9.59 Å². The standard InChI is InChI=1S/C17H35NO5Si/c1-16(2,3)23-15(20)18-13(12-14(19)21-7)10-11-22-24(8,9)17(4,5)6/h13H,10-12H2,1-9H3,(H,18,20)/t13-/m0/s1. The van der Waals surface area contributed by atoms with E-state index >= 15 is 0 Å². The molecule has 0 radical (unpaired) electrons. The smallest absolute Gasteiger partial charge is 0.407 e. The maximum absolute atomic E-state index is 11.9. The molecule has 1 N–H and O–H groups in total. The average Bonchev–Trinajstić information content (AvgIpc) is 2.34. The van der Waals surface area contributed by atoms with Crippen LogP contribution in [0.1, 0.15) is 54.4 Å². The van der Waals surface area contributed by atoms with Crippen LogP contribution in [0.25, 0.3) is 0 Å². The number of methoxy groups -OCH3 is 1. The van der Waals surface area contributed by atoms with Gasteiger partial charge in [0.15, 0.2) is 8.32 Å². The van der Waals surface area contributed by atoms with Crippen LogP contribution in [-0.4, -0.2) is 45.7 Å². The minimum Gasteiger partial charge on any atom is -0.469 e. The van der Waals surface area contributed by atoms with Crippen LogP contribution in [0, 0.1) is 0 Å². The summed E-state index contributed by atoms with van der Waals surface area (Å²) in [5.74, 6) is -0.372. The van der Waals surface area contributed by atoms with Crippen molar-refractivity contribution in [3.63, 3.8) is 0 Å². The van der Waals surface area contributed by atoms with Gasteiger partial charge in [-0.1, -0.05) is 20.8 Å².